The molecule has 1 aliphatic rings. The van der Waals surface area contributed by atoms with E-state index in [0.717, 1.165) is 57.8 Å². The van der Waals surface area contributed by atoms with Crippen molar-refractivity contribution in [2.75, 3.05) is 26.4 Å². The van der Waals surface area contributed by atoms with Crippen molar-refractivity contribution in [1.29, 1.82) is 0 Å². The Morgan fingerprint density at radius 3 is 1.21 bits per heavy atom. The molecule has 0 aromatic heterocycles. The van der Waals surface area contributed by atoms with Gasteiger partial charge in [0.25, 0.3) is 0 Å². The van der Waals surface area contributed by atoms with E-state index in [0.29, 0.717) is 13.0 Å². The number of hydrogen-bond donors (Lipinski definition) is 4. The van der Waals surface area contributed by atoms with E-state index in [-0.39, 0.29) is 19.2 Å². The fourth-order valence-corrected chi connectivity index (χ4v) is 8.92. The van der Waals surface area contributed by atoms with Crippen LogP contribution in [0.2, 0.25) is 0 Å². The maximum atomic E-state index is 12.9. The predicted molar refractivity (Wildman–Crippen MR) is 302 cm³/mol. The highest BCUT2D eigenvalue weighted by atomic mass is 16.7. The second-order valence-electron chi connectivity index (χ2n) is 20.4. The van der Waals surface area contributed by atoms with Crippen LogP contribution in [0.5, 0.6) is 0 Å². The van der Waals surface area contributed by atoms with E-state index in [2.05, 4.69) is 86.8 Å². The van der Waals surface area contributed by atoms with Gasteiger partial charge in [0, 0.05) is 13.0 Å². The summed E-state index contributed by atoms with van der Waals surface area (Å²) in [6.07, 6.45) is 65.2. The molecule has 0 aliphatic carbocycles. The lowest BCUT2D eigenvalue weighted by atomic mass is 9.99. The third-order valence-corrected chi connectivity index (χ3v) is 13.6. The molecule has 0 amide bonds. The van der Waals surface area contributed by atoms with Crippen LogP contribution in [0.4, 0.5) is 0 Å². The van der Waals surface area contributed by atoms with Crippen LogP contribution in [0.15, 0.2) is 72.9 Å². The SMILES string of the molecule is CCCCCCC/C=C\C/C=C\C/C=C\CCCCCCCCCCCCC(=O)OC(COCCCCCCCCCCC/C=C\C/C=C\C/C=C\CCCCCCC)COC1OC(CO)C(O)C(O)C1O. The van der Waals surface area contributed by atoms with Crippen molar-refractivity contribution < 1.29 is 44.2 Å². The van der Waals surface area contributed by atoms with Gasteiger partial charge in [0.15, 0.2) is 6.29 Å². The molecule has 0 spiro atoms. The van der Waals surface area contributed by atoms with Gasteiger partial charge in [-0.15, -0.1) is 0 Å². The second kappa shape index (κ2) is 53.5. The van der Waals surface area contributed by atoms with Crippen LogP contribution in [0, 0.1) is 0 Å². The van der Waals surface area contributed by atoms with Gasteiger partial charge in [-0.3, -0.25) is 4.79 Å². The fourth-order valence-electron chi connectivity index (χ4n) is 8.92. The molecule has 1 fully saturated rings. The largest absolute Gasteiger partial charge is 0.457 e. The molecule has 4 N–H and O–H groups in total. The Hall–Kier alpha value is -2.37. The highest BCUT2D eigenvalue weighted by Crippen LogP contribution is 2.23. The Kier molecular flexibility index (Phi) is 50.2. The average molecular weight is 1010 g/mol. The van der Waals surface area contributed by atoms with Crippen LogP contribution >= 0.6 is 0 Å². The van der Waals surface area contributed by atoms with Gasteiger partial charge in [0.05, 0.1) is 19.8 Å². The minimum atomic E-state index is -1.54. The number of esters is 1. The maximum absolute atomic E-state index is 12.9. The fraction of sp³-hybridized carbons (Fsp3) is 0.794. The van der Waals surface area contributed by atoms with Crippen LogP contribution < -0.4 is 0 Å². The average Bonchev–Trinajstić information content (AvgIpc) is 3.38. The lowest BCUT2D eigenvalue weighted by Gasteiger charge is -2.39. The summed E-state index contributed by atoms with van der Waals surface area (Å²) < 4.78 is 23.0. The Balaban J connectivity index is 2.16. The first kappa shape index (κ1) is 67.6. The molecule has 0 bridgehead atoms. The van der Waals surface area contributed by atoms with E-state index < -0.39 is 43.4 Å². The number of allylic oxidation sites excluding steroid dienone is 12. The van der Waals surface area contributed by atoms with E-state index in [1.54, 1.807) is 0 Å². The van der Waals surface area contributed by atoms with Crippen LogP contribution in [0.3, 0.4) is 0 Å². The first-order valence-corrected chi connectivity index (χ1v) is 30.0. The summed E-state index contributed by atoms with van der Waals surface area (Å²) in [5, 5.41) is 40.4. The smallest absolute Gasteiger partial charge is 0.306 e. The van der Waals surface area contributed by atoms with Gasteiger partial charge in [-0.05, 0) is 89.9 Å². The van der Waals surface area contributed by atoms with Crippen LogP contribution in [-0.4, -0.2) is 89.6 Å². The molecule has 418 valence electrons. The van der Waals surface area contributed by atoms with Crippen molar-refractivity contribution in [3.8, 4) is 0 Å². The topological polar surface area (TPSA) is 135 Å². The number of hydrogen-bond acceptors (Lipinski definition) is 9. The van der Waals surface area contributed by atoms with Crippen molar-refractivity contribution >= 4 is 5.97 Å². The number of carbonyl (C=O) groups excluding carboxylic acids is 1. The van der Waals surface area contributed by atoms with Crippen molar-refractivity contribution in [2.24, 2.45) is 0 Å². The number of ether oxygens (including phenoxy) is 4. The molecular weight excluding hydrogens is 901 g/mol. The number of unbranched alkanes of at least 4 members (excludes halogenated alkanes) is 29. The molecule has 6 unspecified atom stereocenters. The normalized spacial score (nSPS) is 19.2. The van der Waals surface area contributed by atoms with Crippen molar-refractivity contribution in [2.45, 2.75) is 295 Å². The van der Waals surface area contributed by atoms with Gasteiger partial charge in [-0.2, -0.15) is 0 Å². The van der Waals surface area contributed by atoms with Crippen LogP contribution in [0.1, 0.15) is 258 Å². The molecular formula is C63H112O9. The van der Waals surface area contributed by atoms with E-state index in [9.17, 15) is 25.2 Å². The van der Waals surface area contributed by atoms with Gasteiger partial charge in [0.2, 0.25) is 0 Å². The zero-order chi connectivity index (χ0) is 52.1. The number of rotatable bonds is 52. The zero-order valence-electron chi connectivity index (χ0n) is 46.4. The minimum Gasteiger partial charge on any atom is -0.457 e. The molecule has 9 heteroatoms. The first-order chi connectivity index (χ1) is 35.4. The molecule has 0 saturated carbocycles. The quantitative estimate of drug-likeness (QED) is 0.0267. The molecule has 0 radical (unpaired) electrons. The summed E-state index contributed by atoms with van der Waals surface area (Å²) in [7, 11) is 0. The third-order valence-electron chi connectivity index (χ3n) is 13.6. The first-order valence-electron chi connectivity index (χ1n) is 30.0. The molecule has 1 aliphatic heterocycles. The Morgan fingerprint density at radius 2 is 0.806 bits per heavy atom. The Bertz CT molecular complexity index is 1340. The third kappa shape index (κ3) is 42.9. The van der Waals surface area contributed by atoms with Gasteiger partial charge in [-0.1, -0.05) is 234 Å². The number of aliphatic hydroxyl groups is 4. The van der Waals surface area contributed by atoms with E-state index >= 15 is 0 Å². The van der Waals surface area contributed by atoms with Gasteiger partial charge < -0.3 is 39.4 Å². The minimum absolute atomic E-state index is 0.120. The van der Waals surface area contributed by atoms with Crippen molar-refractivity contribution in [3.63, 3.8) is 0 Å². The molecule has 1 rings (SSSR count). The van der Waals surface area contributed by atoms with Crippen molar-refractivity contribution in [1.82, 2.24) is 0 Å². The number of carbonyl (C=O) groups is 1. The van der Waals surface area contributed by atoms with Gasteiger partial charge in [0.1, 0.15) is 30.5 Å². The molecule has 72 heavy (non-hydrogen) atoms. The van der Waals surface area contributed by atoms with Crippen molar-refractivity contribution in [3.05, 3.63) is 72.9 Å². The highest BCUT2D eigenvalue weighted by molar-refractivity contribution is 5.69. The number of aliphatic hydroxyl groups excluding tert-OH is 4. The lowest BCUT2D eigenvalue weighted by molar-refractivity contribution is -0.305. The lowest BCUT2D eigenvalue weighted by Crippen LogP contribution is -2.59. The van der Waals surface area contributed by atoms with E-state index in [1.807, 2.05) is 0 Å². The summed E-state index contributed by atoms with van der Waals surface area (Å²) in [5.74, 6) is -0.319. The molecule has 0 aromatic carbocycles. The summed E-state index contributed by atoms with van der Waals surface area (Å²) in [5.41, 5.74) is 0. The molecule has 9 nitrogen and oxygen atoms in total. The van der Waals surface area contributed by atoms with Crippen LogP contribution in [0.25, 0.3) is 0 Å². The monoisotopic (exact) mass is 1010 g/mol. The summed E-state index contributed by atoms with van der Waals surface area (Å²) in [4.78, 5) is 12.9. The predicted octanol–water partition coefficient (Wildman–Crippen LogP) is 15.9. The van der Waals surface area contributed by atoms with Gasteiger partial charge in [-0.25, -0.2) is 0 Å². The molecule has 1 heterocycles. The summed E-state index contributed by atoms with van der Waals surface area (Å²) >= 11 is 0. The molecule has 1 saturated heterocycles. The maximum Gasteiger partial charge on any atom is 0.306 e. The standard InChI is InChI=1S/C63H112O9/c1-3-5-7-9-11-13-15-17-19-21-23-25-27-29-30-32-34-36-38-40-42-44-46-48-50-52-59(65)71-57(56-70-63-62(68)61(67)60(66)58(54-64)72-63)55-69-53-51-49-47-45-43-41-39-37-35-33-31-28-26-24-22-20-18-16-14-12-10-8-6-4-2/h15-18,21-24,27-29,31,57-58,60-64,66-68H,3-14,19-20,25-26,30,32-56H2,1-2H3/b17-15-,18-16-,23-21-,24-22-,29-27-,31-28-. The summed E-state index contributed by atoms with van der Waals surface area (Å²) in [6, 6.07) is 0. The summed E-state index contributed by atoms with van der Waals surface area (Å²) in [6.45, 7) is 4.54. The Labute approximate surface area is 442 Å². The van der Waals surface area contributed by atoms with Gasteiger partial charge >= 0.3 is 5.97 Å². The Morgan fingerprint density at radius 1 is 0.444 bits per heavy atom. The molecule has 6 atom stereocenters. The second-order valence-corrected chi connectivity index (χ2v) is 20.4. The van der Waals surface area contributed by atoms with E-state index in [1.165, 1.54) is 180 Å². The zero-order valence-corrected chi connectivity index (χ0v) is 46.4. The van der Waals surface area contributed by atoms with Crippen LogP contribution in [-0.2, 0) is 23.7 Å². The van der Waals surface area contributed by atoms with E-state index in [4.69, 9.17) is 18.9 Å². The highest BCUT2D eigenvalue weighted by Gasteiger charge is 2.44. The molecule has 0 aromatic rings.